The summed E-state index contributed by atoms with van der Waals surface area (Å²) in [6.45, 7) is 0.0107. The molecule has 4 rings (SSSR count). The number of rotatable bonds is 6. The number of carbonyl (C=O) groups excluding carboxylic acids is 1. The van der Waals surface area contributed by atoms with Crippen molar-refractivity contribution in [3.8, 4) is 11.1 Å². The summed E-state index contributed by atoms with van der Waals surface area (Å²) < 4.78 is 41.7. The van der Waals surface area contributed by atoms with Crippen LogP contribution in [0.2, 0.25) is 0 Å². The number of amides is 1. The first-order valence-electron chi connectivity index (χ1n) is 10.4. The molecule has 2 heterocycles. The number of aromatic nitrogens is 1. The average molecular weight is 487 g/mol. The highest BCUT2D eigenvalue weighted by Gasteiger charge is 2.34. The van der Waals surface area contributed by atoms with Gasteiger partial charge in [0.15, 0.2) is 0 Å². The van der Waals surface area contributed by atoms with E-state index in [1.54, 1.807) is 18.2 Å². The van der Waals surface area contributed by atoms with Gasteiger partial charge in [0.2, 0.25) is 0 Å². The van der Waals surface area contributed by atoms with Crippen LogP contribution in [0.5, 0.6) is 0 Å². The van der Waals surface area contributed by atoms with Gasteiger partial charge in [0.25, 0.3) is 11.5 Å². The fraction of sp³-hybridized carbons (Fsp3) is 0.200. The van der Waals surface area contributed by atoms with Gasteiger partial charge in [-0.05, 0) is 46.3 Å². The van der Waals surface area contributed by atoms with Crippen molar-refractivity contribution in [3.05, 3.63) is 92.7 Å². The van der Waals surface area contributed by atoms with Crippen molar-refractivity contribution >= 4 is 27.3 Å². The summed E-state index contributed by atoms with van der Waals surface area (Å²) in [6.07, 6.45) is -3.04. The van der Waals surface area contributed by atoms with E-state index in [-0.39, 0.29) is 25.5 Å². The number of hydrogen-bond donors (Lipinski definition) is 2. The monoisotopic (exact) mass is 486 g/mol. The molecule has 0 radical (unpaired) electrons. The zero-order chi connectivity index (χ0) is 24.5. The Kier molecular flexibility index (Phi) is 6.58. The second kappa shape index (κ2) is 9.44. The number of benzene rings is 2. The minimum absolute atomic E-state index is 0.150. The number of pyridine rings is 1. The lowest BCUT2D eigenvalue weighted by Gasteiger charge is -2.10. The molecule has 2 aromatic heterocycles. The number of nitrogens with one attached hydrogen (secondary N) is 1. The van der Waals surface area contributed by atoms with E-state index in [4.69, 9.17) is 5.11 Å². The van der Waals surface area contributed by atoms with Gasteiger partial charge < -0.3 is 15.0 Å². The zero-order valence-corrected chi connectivity index (χ0v) is 19.0. The van der Waals surface area contributed by atoms with Crippen LogP contribution >= 0.6 is 11.3 Å². The molecule has 176 valence electrons. The highest BCUT2D eigenvalue weighted by Crippen LogP contribution is 2.36. The molecule has 0 bridgehead atoms. The smallest absolute Gasteiger partial charge is 0.395 e. The first kappa shape index (κ1) is 23.7. The standard InChI is InChI=1S/C25H21F3N2O3S/c1-30-14-15(11-21(24(30)33)25(26,27)28)10-19-13-17-5-3-7-20(22(17)34-19)16-4-2-6-18(12-16)23(32)29-8-9-31/h2-7,11-14,31H,8-10H2,1H3,(H,29,32). The maximum absolute atomic E-state index is 13.3. The third-order valence-corrected chi connectivity index (χ3v) is 6.54. The van der Waals surface area contributed by atoms with Gasteiger partial charge in [0, 0.05) is 41.4 Å². The Hall–Kier alpha value is -3.43. The quantitative estimate of drug-likeness (QED) is 0.419. The molecule has 0 aliphatic heterocycles. The van der Waals surface area contributed by atoms with Crippen molar-refractivity contribution in [2.45, 2.75) is 12.6 Å². The van der Waals surface area contributed by atoms with Gasteiger partial charge in [0.05, 0.1) is 6.61 Å². The van der Waals surface area contributed by atoms with Crippen LogP contribution in [-0.2, 0) is 19.6 Å². The molecule has 0 atom stereocenters. The van der Waals surface area contributed by atoms with E-state index in [0.29, 0.717) is 11.1 Å². The number of aryl methyl sites for hydroxylation is 1. The number of alkyl halides is 3. The lowest BCUT2D eigenvalue weighted by molar-refractivity contribution is -0.139. The van der Waals surface area contributed by atoms with Crippen molar-refractivity contribution < 1.29 is 23.1 Å². The fourth-order valence-corrected chi connectivity index (χ4v) is 5.04. The molecule has 0 unspecified atom stereocenters. The molecule has 34 heavy (non-hydrogen) atoms. The Labute approximate surface area is 197 Å². The Morgan fingerprint density at radius 3 is 2.62 bits per heavy atom. The summed E-state index contributed by atoms with van der Waals surface area (Å²) >= 11 is 1.46. The summed E-state index contributed by atoms with van der Waals surface area (Å²) in [6, 6.07) is 15.7. The highest BCUT2D eigenvalue weighted by molar-refractivity contribution is 7.19. The molecule has 0 spiro atoms. The maximum atomic E-state index is 13.3. The van der Waals surface area contributed by atoms with Crippen molar-refractivity contribution in [3.63, 3.8) is 0 Å². The van der Waals surface area contributed by atoms with Crippen molar-refractivity contribution in [1.82, 2.24) is 9.88 Å². The molecular weight excluding hydrogens is 465 g/mol. The summed E-state index contributed by atoms with van der Waals surface area (Å²) in [5, 5.41) is 12.5. The lowest BCUT2D eigenvalue weighted by atomic mass is 10.0. The van der Waals surface area contributed by atoms with Crippen molar-refractivity contribution in [2.75, 3.05) is 13.2 Å². The summed E-state index contributed by atoms with van der Waals surface area (Å²) in [5.74, 6) is -0.287. The average Bonchev–Trinajstić information content (AvgIpc) is 3.21. The normalized spacial score (nSPS) is 11.7. The number of halogens is 3. The fourth-order valence-electron chi connectivity index (χ4n) is 3.81. The van der Waals surface area contributed by atoms with Crippen molar-refractivity contribution in [1.29, 1.82) is 0 Å². The predicted molar refractivity (Wildman–Crippen MR) is 126 cm³/mol. The maximum Gasteiger partial charge on any atom is 0.421 e. The first-order chi connectivity index (χ1) is 16.2. The molecule has 2 N–H and O–H groups in total. The van der Waals surface area contributed by atoms with Gasteiger partial charge in [0.1, 0.15) is 5.56 Å². The predicted octanol–water partition coefficient (Wildman–Crippen LogP) is 4.60. The number of carbonyl (C=O) groups is 1. The molecule has 1 amide bonds. The molecule has 2 aromatic carbocycles. The van der Waals surface area contributed by atoms with Gasteiger partial charge >= 0.3 is 6.18 Å². The number of hydrogen-bond acceptors (Lipinski definition) is 4. The van der Waals surface area contributed by atoms with E-state index in [1.165, 1.54) is 24.6 Å². The van der Waals surface area contributed by atoms with E-state index >= 15 is 0 Å². The van der Waals surface area contributed by atoms with Crippen LogP contribution in [0.15, 0.2) is 65.6 Å². The highest BCUT2D eigenvalue weighted by atomic mass is 32.1. The summed E-state index contributed by atoms with van der Waals surface area (Å²) in [4.78, 5) is 25.0. The van der Waals surface area contributed by atoms with Crippen LogP contribution in [0.25, 0.3) is 21.2 Å². The Bertz CT molecular complexity index is 1420. The van der Waals surface area contributed by atoms with Crippen LogP contribution in [0, 0.1) is 0 Å². The first-order valence-corrected chi connectivity index (χ1v) is 11.3. The van der Waals surface area contributed by atoms with E-state index in [2.05, 4.69) is 5.32 Å². The van der Waals surface area contributed by atoms with E-state index in [9.17, 15) is 22.8 Å². The summed E-state index contributed by atoms with van der Waals surface area (Å²) in [5.41, 5.74) is 0.345. The van der Waals surface area contributed by atoms with Crippen LogP contribution < -0.4 is 10.9 Å². The third kappa shape index (κ3) is 4.90. The summed E-state index contributed by atoms with van der Waals surface area (Å²) in [7, 11) is 1.31. The van der Waals surface area contributed by atoms with E-state index in [1.807, 2.05) is 30.3 Å². The molecule has 0 saturated heterocycles. The van der Waals surface area contributed by atoms with Gasteiger partial charge in [-0.3, -0.25) is 9.59 Å². The minimum atomic E-state index is -4.72. The second-order valence-corrected chi connectivity index (χ2v) is 8.99. The SMILES string of the molecule is Cn1cc(Cc2cc3cccc(-c4cccc(C(=O)NCCO)c4)c3s2)cc(C(F)(F)F)c1=O. The number of thiophene rings is 1. The van der Waals surface area contributed by atoms with E-state index < -0.39 is 17.3 Å². The molecule has 9 heteroatoms. The van der Waals surface area contributed by atoms with Gasteiger partial charge in [-0.25, -0.2) is 0 Å². The zero-order valence-electron chi connectivity index (χ0n) is 18.1. The van der Waals surface area contributed by atoms with Crippen LogP contribution in [0.3, 0.4) is 0 Å². The second-order valence-electron chi connectivity index (χ2n) is 7.85. The molecule has 5 nitrogen and oxygen atoms in total. The van der Waals surface area contributed by atoms with Gasteiger partial charge in [-0.2, -0.15) is 13.2 Å². The molecule has 0 fully saturated rings. The number of fused-ring (bicyclic) bond motifs is 1. The van der Waals surface area contributed by atoms with Crippen LogP contribution in [0.4, 0.5) is 13.2 Å². The number of aliphatic hydroxyl groups excluding tert-OH is 1. The molecule has 0 aliphatic carbocycles. The minimum Gasteiger partial charge on any atom is -0.395 e. The van der Waals surface area contributed by atoms with Crippen LogP contribution in [-0.4, -0.2) is 28.7 Å². The Morgan fingerprint density at radius 2 is 1.88 bits per heavy atom. The number of nitrogens with zero attached hydrogens (tertiary/aromatic N) is 1. The lowest BCUT2D eigenvalue weighted by Crippen LogP contribution is -2.27. The third-order valence-electron chi connectivity index (χ3n) is 5.35. The van der Waals surface area contributed by atoms with Crippen LogP contribution in [0.1, 0.15) is 26.4 Å². The van der Waals surface area contributed by atoms with E-state index in [0.717, 1.165) is 36.7 Å². The van der Waals surface area contributed by atoms with Gasteiger partial charge in [-0.1, -0.05) is 30.3 Å². The Morgan fingerprint density at radius 1 is 1.12 bits per heavy atom. The Balaban J connectivity index is 1.70. The number of aliphatic hydroxyl groups is 1. The van der Waals surface area contributed by atoms with Crippen molar-refractivity contribution in [2.24, 2.45) is 7.05 Å². The molecule has 0 aliphatic rings. The van der Waals surface area contributed by atoms with Gasteiger partial charge in [-0.15, -0.1) is 11.3 Å². The largest absolute Gasteiger partial charge is 0.421 e. The molecular formula is C25H21F3N2O3S. The molecule has 0 saturated carbocycles. The molecule has 4 aromatic rings. The topological polar surface area (TPSA) is 71.3 Å².